The molecule has 2 heterocycles. The minimum atomic E-state index is -0.0165. The zero-order chi connectivity index (χ0) is 12.3. The number of aromatic nitrogens is 2. The number of anilines is 1. The second-order valence-electron chi connectivity index (χ2n) is 4.39. The highest BCUT2D eigenvalue weighted by molar-refractivity contribution is 5.36. The van der Waals surface area contributed by atoms with Crippen molar-refractivity contribution in [3.63, 3.8) is 0 Å². The van der Waals surface area contributed by atoms with Crippen LogP contribution in [0.25, 0.3) is 0 Å². The molecule has 0 radical (unpaired) electrons. The number of hydrogen-bond acceptors (Lipinski definition) is 6. The standard InChI is InChI=1S/C11H18N4O2/c1-11(4-5-12-7-11)15-10-13-8(16-2)6-9(14-10)17-3/h6,12H,4-5,7H2,1-3H3,(H,13,14,15). The van der Waals surface area contributed by atoms with Gasteiger partial charge in [-0.2, -0.15) is 9.97 Å². The van der Waals surface area contributed by atoms with Crippen molar-refractivity contribution >= 4 is 5.95 Å². The topological polar surface area (TPSA) is 68.3 Å². The van der Waals surface area contributed by atoms with Crippen LogP contribution in [0.3, 0.4) is 0 Å². The highest BCUT2D eigenvalue weighted by Gasteiger charge is 2.29. The Morgan fingerprint density at radius 1 is 1.29 bits per heavy atom. The molecule has 0 amide bonds. The number of ether oxygens (including phenoxy) is 2. The van der Waals surface area contributed by atoms with Crippen LogP contribution in [0.4, 0.5) is 5.95 Å². The SMILES string of the molecule is COc1cc(OC)nc(NC2(C)CCNC2)n1. The van der Waals surface area contributed by atoms with Gasteiger partial charge in [-0.25, -0.2) is 0 Å². The summed E-state index contributed by atoms with van der Waals surface area (Å²) in [5.74, 6) is 1.52. The Morgan fingerprint density at radius 3 is 2.41 bits per heavy atom. The summed E-state index contributed by atoms with van der Waals surface area (Å²) < 4.78 is 10.2. The largest absolute Gasteiger partial charge is 0.481 e. The molecule has 2 N–H and O–H groups in total. The number of nitrogens with one attached hydrogen (secondary N) is 2. The Balaban J connectivity index is 2.19. The van der Waals surface area contributed by atoms with E-state index in [0.29, 0.717) is 17.7 Å². The maximum atomic E-state index is 5.11. The van der Waals surface area contributed by atoms with E-state index >= 15 is 0 Å². The van der Waals surface area contributed by atoms with Crippen LogP contribution < -0.4 is 20.1 Å². The van der Waals surface area contributed by atoms with Gasteiger partial charge in [0, 0.05) is 6.54 Å². The molecule has 0 saturated carbocycles. The van der Waals surface area contributed by atoms with Gasteiger partial charge in [-0.1, -0.05) is 0 Å². The van der Waals surface area contributed by atoms with Gasteiger partial charge in [0.15, 0.2) is 0 Å². The quantitative estimate of drug-likeness (QED) is 0.803. The van der Waals surface area contributed by atoms with Gasteiger partial charge in [0.2, 0.25) is 17.7 Å². The normalized spacial score (nSPS) is 23.5. The average molecular weight is 238 g/mol. The second kappa shape index (κ2) is 4.75. The molecule has 0 aliphatic carbocycles. The molecule has 1 aliphatic heterocycles. The summed E-state index contributed by atoms with van der Waals surface area (Å²) in [5.41, 5.74) is -0.0165. The molecule has 1 fully saturated rings. The van der Waals surface area contributed by atoms with Gasteiger partial charge < -0.3 is 20.1 Å². The van der Waals surface area contributed by atoms with Crippen molar-refractivity contribution in [3.8, 4) is 11.8 Å². The molecule has 1 saturated heterocycles. The summed E-state index contributed by atoms with van der Waals surface area (Å²) in [6.45, 7) is 4.04. The van der Waals surface area contributed by atoms with Crippen molar-refractivity contribution in [2.45, 2.75) is 18.9 Å². The van der Waals surface area contributed by atoms with Crippen LogP contribution in [0.2, 0.25) is 0 Å². The monoisotopic (exact) mass is 238 g/mol. The Hall–Kier alpha value is -1.56. The van der Waals surface area contributed by atoms with Crippen LogP contribution in [0.5, 0.6) is 11.8 Å². The first-order chi connectivity index (χ1) is 8.15. The molecule has 0 bridgehead atoms. The van der Waals surface area contributed by atoms with E-state index in [9.17, 15) is 0 Å². The van der Waals surface area contributed by atoms with Crippen molar-refractivity contribution in [1.82, 2.24) is 15.3 Å². The minimum absolute atomic E-state index is 0.0165. The van der Waals surface area contributed by atoms with Crippen molar-refractivity contribution in [3.05, 3.63) is 6.07 Å². The maximum absolute atomic E-state index is 5.11. The van der Waals surface area contributed by atoms with Crippen LogP contribution in [0, 0.1) is 0 Å². The van der Waals surface area contributed by atoms with Crippen molar-refractivity contribution < 1.29 is 9.47 Å². The smallest absolute Gasteiger partial charge is 0.229 e. The van der Waals surface area contributed by atoms with Gasteiger partial charge in [-0.05, 0) is 19.9 Å². The van der Waals surface area contributed by atoms with E-state index < -0.39 is 0 Å². The van der Waals surface area contributed by atoms with Gasteiger partial charge in [0.25, 0.3) is 0 Å². The van der Waals surface area contributed by atoms with Gasteiger partial charge in [0.1, 0.15) is 0 Å². The lowest BCUT2D eigenvalue weighted by Gasteiger charge is -2.24. The van der Waals surface area contributed by atoms with Gasteiger partial charge in [-0.15, -0.1) is 0 Å². The van der Waals surface area contributed by atoms with Crippen molar-refractivity contribution in [2.24, 2.45) is 0 Å². The van der Waals surface area contributed by atoms with E-state index in [0.717, 1.165) is 19.5 Å². The van der Waals surface area contributed by atoms with Crippen LogP contribution >= 0.6 is 0 Å². The molecule has 6 nitrogen and oxygen atoms in total. The van der Waals surface area contributed by atoms with E-state index in [1.807, 2.05) is 0 Å². The highest BCUT2D eigenvalue weighted by Crippen LogP contribution is 2.22. The van der Waals surface area contributed by atoms with E-state index in [4.69, 9.17) is 9.47 Å². The van der Waals surface area contributed by atoms with E-state index in [2.05, 4.69) is 27.5 Å². The molecule has 1 aromatic rings. The zero-order valence-electron chi connectivity index (χ0n) is 10.4. The molecule has 1 unspecified atom stereocenters. The van der Waals surface area contributed by atoms with Gasteiger partial charge in [-0.3, -0.25) is 0 Å². The summed E-state index contributed by atoms with van der Waals surface area (Å²) in [4.78, 5) is 8.51. The number of rotatable bonds is 4. The molecule has 6 heteroatoms. The fourth-order valence-electron chi connectivity index (χ4n) is 1.86. The summed E-state index contributed by atoms with van der Waals surface area (Å²) in [6, 6.07) is 1.65. The van der Waals surface area contributed by atoms with Crippen LogP contribution in [0.15, 0.2) is 6.07 Å². The third kappa shape index (κ3) is 2.76. The summed E-state index contributed by atoms with van der Waals surface area (Å²) in [6.07, 6.45) is 1.04. The first kappa shape index (κ1) is 11.9. The number of methoxy groups -OCH3 is 2. The third-order valence-corrected chi connectivity index (χ3v) is 2.88. The Labute approximate surface area is 101 Å². The maximum Gasteiger partial charge on any atom is 0.229 e. The van der Waals surface area contributed by atoms with E-state index in [1.165, 1.54) is 0 Å². The average Bonchev–Trinajstić information content (AvgIpc) is 2.75. The van der Waals surface area contributed by atoms with Gasteiger partial charge >= 0.3 is 0 Å². The summed E-state index contributed by atoms with van der Waals surface area (Å²) >= 11 is 0. The molecular formula is C11H18N4O2. The van der Waals surface area contributed by atoms with Crippen molar-refractivity contribution in [1.29, 1.82) is 0 Å². The molecule has 1 atom stereocenters. The van der Waals surface area contributed by atoms with E-state index in [-0.39, 0.29) is 5.54 Å². The van der Waals surface area contributed by atoms with Crippen LogP contribution in [-0.2, 0) is 0 Å². The number of nitrogens with zero attached hydrogens (tertiary/aromatic N) is 2. The van der Waals surface area contributed by atoms with Crippen LogP contribution in [-0.4, -0.2) is 42.8 Å². The predicted molar refractivity (Wildman–Crippen MR) is 64.7 cm³/mol. The Bertz CT molecular complexity index is 369. The predicted octanol–water partition coefficient (Wildman–Crippen LogP) is 0.658. The lowest BCUT2D eigenvalue weighted by Crippen LogP contribution is -2.37. The first-order valence-corrected chi connectivity index (χ1v) is 5.61. The minimum Gasteiger partial charge on any atom is -0.481 e. The molecule has 2 rings (SSSR count). The lowest BCUT2D eigenvalue weighted by molar-refractivity contribution is 0.372. The van der Waals surface area contributed by atoms with E-state index in [1.54, 1.807) is 20.3 Å². The lowest BCUT2D eigenvalue weighted by atomic mass is 10.0. The first-order valence-electron chi connectivity index (χ1n) is 5.61. The number of hydrogen-bond donors (Lipinski definition) is 2. The second-order valence-corrected chi connectivity index (χ2v) is 4.39. The molecule has 94 valence electrons. The molecule has 0 aromatic carbocycles. The van der Waals surface area contributed by atoms with Gasteiger partial charge in [0.05, 0.1) is 25.8 Å². The molecule has 0 spiro atoms. The Morgan fingerprint density at radius 2 is 1.94 bits per heavy atom. The molecule has 1 aromatic heterocycles. The fraction of sp³-hybridized carbons (Fsp3) is 0.636. The molecular weight excluding hydrogens is 220 g/mol. The summed E-state index contributed by atoms with van der Waals surface area (Å²) in [5, 5.41) is 6.63. The van der Waals surface area contributed by atoms with Crippen molar-refractivity contribution in [2.75, 3.05) is 32.6 Å². The highest BCUT2D eigenvalue weighted by atomic mass is 16.5. The zero-order valence-corrected chi connectivity index (χ0v) is 10.4. The molecule has 17 heavy (non-hydrogen) atoms. The van der Waals surface area contributed by atoms with Crippen LogP contribution in [0.1, 0.15) is 13.3 Å². The Kier molecular flexibility index (Phi) is 3.33. The fourth-order valence-corrected chi connectivity index (χ4v) is 1.86. The third-order valence-electron chi connectivity index (χ3n) is 2.88. The molecule has 1 aliphatic rings. The summed E-state index contributed by atoms with van der Waals surface area (Å²) in [7, 11) is 3.15.